The average molecular weight is 381 g/mol. The highest BCUT2D eigenvalue weighted by atomic mass is 16.1. The molecule has 0 fully saturated rings. The lowest BCUT2D eigenvalue weighted by atomic mass is 10.2. The minimum absolute atomic E-state index is 0.156. The first-order chi connectivity index (χ1) is 13.5. The SMILES string of the molecule is CCC(CC)Nc1cc(NC(=O)Cc2ccccn2)c2nnc(C(C)C)n2n1. The van der Waals surface area contributed by atoms with Gasteiger partial charge in [-0.3, -0.25) is 9.78 Å². The fraction of sp³-hybridized carbons (Fsp3) is 0.450. The van der Waals surface area contributed by atoms with Gasteiger partial charge in [0.2, 0.25) is 11.6 Å². The first-order valence-electron chi connectivity index (χ1n) is 9.74. The lowest BCUT2D eigenvalue weighted by Crippen LogP contribution is -2.20. The summed E-state index contributed by atoms with van der Waals surface area (Å²) in [6.07, 6.45) is 3.84. The molecule has 0 unspecified atom stereocenters. The summed E-state index contributed by atoms with van der Waals surface area (Å²) < 4.78 is 1.71. The zero-order valence-electron chi connectivity index (χ0n) is 16.8. The second kappa shape index (κ2) is 8.77. The van der Waals surface area contributed by atoms with Gasteiger partial charge in [0.25, 0.3) is 0 Å². The largest absolute Gasteiger partial charge is 0.366 e. The standard InChI is InChI=1S/C20H27N7O/c1-5-14(6-2)22-17-12-16(20-25-24-19(13(3)4)27(20)26-17)23-18(28)11-15-9-7-8-10-21-15/h7-10,12-14H,5-6,11H2,1-4H3,(H,22,26)(H,23,28). The lowest BCUT2D eigenvalue weighted by molar-refractivity contribution is -0.115. The van der Waals surface area contributed by atoms with Crippen LogP contribution in [0.15, 0.2) is 30.5 Å². The molecule has 0 aliphatic rings. The Labute approximate surface area is 164 Å². The van der Waals surface area contributed by atoms with Crippen LogP contribution in [-0.2, 0) is 11.2 Å². The third-order valence-electron chi connectivity index (χ3n) is 4.59. The second-order valence-electron chi connectivity index (χ2n) is 7.10. The van der Waals surface area contributed by atoms with E-state index in [1.807, 2.05) is 38.1 Å². The Kier molecular flexibility index (Phi) is 6.18. The first kappa shape index (κ1) is 19.7. The quantitative estimate of drug-likeness (QED) is 0.620. The molecule has 0 spiro atoms. The molecule has 8 nitrogen and oxygen atoms in total. The zero-order chi connectivity index (χ0) is 20.1. The van der Waals surface area contributed by atoms with Crippen molar-refractivity contribution in [1.82, 2.24) is 24.8 Å². The fourth-order valence-corrected chi connectivity index (χ4v) is 2.98. The van der Waals surface area contributed by atoms with E-state index in [1.165, 1.54) is 0 Å². The van der Waals surface area contributed by atoms with Gasteiger partial charge in [-0.15, -0.1) is 15.3 Å². The molecule has 3 aromatic rings. The number of nitrogens with one attached hydrogen (secondary N) is 2. The summed E-state index contributed by atoms with van der Waals surface area (Å²) >= 11 is 0. The molecular weight excluding hydrogens is 354 g/mol. The Hall–Kier alpha value is -3.03. The van der Waals surface area contributed by atoms with E-state index in [0.717, 1.165) is 18.7 Å². The second-order valence-corrected chi connectivity index (χ2v) is 7.10. The summed E-state index contributed by atoms with van der Waals surface area (Å²) in [6.45, 7) is 8.35. The molecule has 3 heterocycles. The number of carbonyl (C=O) groups is 1. The Morgan fingerprint density at radius 2 is 1.96 bits per heavy atom. The van der Waals surface area contributed by atoms with Gasteiger partial charge in [0, 0.05) is 29.9 Å². The minimum atomic E-state index is -0.158. The number of amides is 1. The van der Waals surface area contributed by atoms with E-state index in [4.69, 9.17) is 0 Å². The molecule has 0 aliphatic heterocycles. The van der Waals surface area contributed by atoms with Crippen molar-refractivity contribution in [3.8, 4) is 0 Å². The molecule has 0 saturated carbocycles. The van der Waals surface area contributed by atoms with E-state index in [2.05, 4.69) is 44.8 Å². The van der Waals surface area contributed by atoms with Gasteiger partial charge in [-0.05, 0) is 25.0 Å². The summed E-state index contributed by atoms with van der Waals surface area (Å²) in [5.74, 6) is 1.44. The molecule has 0 aromatic carbocycles. The van der Waals surface area contributed by atoms with Crippen LogP contribution >= 0.6 is 0 Å². The third kappa shape index (κ3) is 4.44. The van der Waals surface area contributed by atoms with Crippen LogP contribution in [0.5, 0.6) is 0 Å². The number of hydrogen-bond donors (Lipinski definition) is 2. The number of pyridine rings is 1. The highest BCUT2D eigenvalue weighted by Crippen LogP contribution is 2.23. The van der Waals surface area contributed by atoms with Gasteiger partial charge in [-0.2, -0.15) is 4.52 Å². The van der Waals surface area contributed by atoms with Gasteiger partial charge in [-0.25, -0.2) is 0 Å². The van der Waals surface area contributed by atoms with Gasteiger partial charge in [0.05, 0.1) is 12.1 Å². The van der Waals surface area contributed by atoms with Crippen LogP contribution in [0.4, 0.5) is 11.5 Å². The van der Waals surface area contributed by atoms with Gasteiger partial charge < -0.3 is 10.6 Å². The topological polar surface area (TPSA) is 97.1 Å². The summed E-state index contributed by atoms with van der Waals surface area (Å²) in [5, 5.41) is 19.6. The number of aromatic nitrogens is 5. The highest BCUT2D eigenvalue weighted by Gasteiger charge is 2.18. The van der Waals surface area contributed by atoms with Crippen molar-refractivity contribution in [3.63, 3.8) is 0 Å². The van der Waals surface area contributed by atoms with Crippen molar-refractivity contribution in [2.45, 2.75) is 58.9 Å². The first-order valence-corrected chi connectivity index (χ1v) is 9.74. The van der Waals surface area contributed by atoms with E-state index in [1.54, 1.807) is 10.7 Å². The van der Waals surface area contributed by atoms with Crippen LogP contribution < -0.4 is 10.6 Å². The molecule has 0 radical (unpaired) electrons. The third-order valence-corrected chi connectivity index (χ3v) is 4.59. The van der Waals surface area contributed by atoms with Crippen LogP contribution in [0.25, 0.3) is 5.65 Å². The number of hydrogen-bond acceptors (Lipinski definition) is 6. The molecule has 1 amide bonds. The summed E-state index contributed by atoms with van der Waals surface area (Å²) in [4.78, 5) is 16.8. The predicted octanol–water partition coefficient (Wildman–Crippen LogP) is 3.42. The van der Waals surface area contributed by atoms with E-state index in [0.29, 0.717) is 28.9 Å². The van der Waals surface area contributed by atoms with Crippen LogP contribution in [0, 0.1) is 0 Å². The molecule has 28 heavy (non-hydrogen) atoms. The van der Waals surface area contributed by atoms with Crippen LogP contribution in [0.3, 0.4) is 0 Å². The number of anilines is 2. The average Bonchev–Trinajstić information content (AvgIpc) is 3.11. The van der Waals surface area contributed by atoms with Crippen LogP contribution in [0.2, 0.25) is 0 Å². The Morgan fingerprint density at radius 1 is 1.18 bits per heavy atom. The van der Waals surface area contributed by atoms with Crippen molar-refractivity contribution < 1.29 is 4.79 Å². The summed E-state index contributed by atoms with van der Waals surface area (Å²) in [6, 6.07) is 7.65. The van der Waals surface area contributed by atoms with Crippen molar-refractivity contribution >= 4 is 23.1 Å². The molecule has 0 atom stereocenters. The zero-order valence-corrected chi connectivity index (χ0v) is 16.8. The fourth-order valence-electron chi connectivity index (χ4n) is 2.98. The van der Waals surface area contributed by atoms with Gasteiger partial charge >= 0.3 is 0 Å². The van der Waals surface area contributed by atoms with Crippen LogP contribution in [-0.4, -0.2) is 36.7 Å². The maximum atomic E-state index is 12.6. The van der Waals surface area contributed by atoms with Crippen molar-refractivity contribution in [1.29, 1.82) is 0 Å². The molecule has 0 saturated heterocycles. The van der Waals surface area contributed by atoms with Gasteiger partial charge in [0.15, 0.2) is 5.82 Å². The minimum Gasteiger partial charge on any atom is -0.366 e. The Bertz CT molecular complexity index is 932. The molecule has 2 N–H and O–H groups in total. The smallest absolute Gasteiger partial charge is 0.230 e. The Balaban J connectivity index is 1.93. The molecule has 0 bridgehead atoms. The van der Waals surface area contributed by atoms with Crippen molar-refractivity contribution in [2.75, 3.05) is 10.6 Å². The molecule has 3 aromatic heterocycles. The van der Waals surface area contributed by atoms with Crippen molar-refractivity contribution in [3.05, 3.63) is 42.0 Å². The highest BCUT2D eigenvalue weighted by molar-refractivity contribution is 5.95. The molecule has 148 valence electrons. The van der Waals surface area contributed by atoms with Gasteiger partial charge in [0.1, 0.15) is 5.82 Å². The summed E-state index contributed by atoms with van der Waals surface area (Å²) in [5.41, 5.74) is 1.83. The maximum absolute atomic E-state index is 12.6. The molecular formula is C20H27N7O. The van der Waals surface area contributed by atoms with Gasteiger partial charge in [-0.1, -0.05) is 33.8 Å². The number of fused-ring (bicyclic) bond motifs is 1. The predicted molar refractivity (Wildman–Crippen MR) is 109 cm³/mol. The molecule has 0 aliphatic carbocycles. The number of nitrogens with zero attached hydrogens (tertiary/aromatic N) is 5. The van der Waals surface area contributed by atoms with Crippen molar-refractivity contribution in [2.24, 2.45) is 0 Å². The monoisotopic (exact) mass is 381 g/mol. The number of rotatable bonds is 8. The van der Waals surface area contributed by atoms with Crippen LogP contribution in [0.1, 0.15) is 58.0 Å². The van der Waals surface area contributed by atoms with E-state index < -0.39 is 0 Å². The number of carbonyl (C=O) groups excluding carboxylic acids is 1. The molecule has 3 rings (SSSR count). The van der Waals surface area contributed by atoms with E-state index in [9.17, 15) is 4.79 Å². The Morgan fingerprint density at radius 3 is 2.61 bits per heavy atom. The molecule has 8 heteroatoms. The maximum Gasteiger partial charge on any atom is 0.230 e. The van der Waals surface area contributed by atoms with E-state index >= 15 is 0 Å². The lowest BCUT2D eigenvalue weighted by Gasteiger charge is -2.17. The normalized spacial score (nSPS) is 11.4. The van der Waals surface area contributed by atoms with E-state index in [-0.39, 0.29) is 18.2 Å². The summed E-state index contributed by atoms with van der Waals surface area (Å²) in [7, 11) is 0.